The number of nitrogens with zero attached hydrogens (tertiary/aromatic N) is 1. The average Bonchev–Trinajstić information content (AvgIpc) is 2.96. The summed E-state index contributed by atoms with van der Waals surface area (Å²) in [5, 5.41) is 11.8. The van der Waals surface area contributed by atoms with Crippen LogP contribution in [-0.4, -0.2) is 34.5 Å². The molecule has 3 rings (SSSR count). The summed E-state index contributed by atoms with van der Waals surface area (Å²) in [7, 11) is 0. The van der Waals surface area contributed by atoms with Crippen molar-refractivity contribution in [2.24, 2.45) is 0 Å². The number of rotatable bonds is 5. The van der Waals surface area contributed by atoms with Gasteiger partial charge in [-0.3, -0.25) is 14.8 Å². The summed E-state index contributed by atoms with van der Waals surface area (Å²) in [6.07, 6.45) is 0.741. The zero-order chi connectivity index (χ0) is 16.9. The van der Waals surface area contributed by atoms with Crippen LogP contribution in [0.2, 0.25) is 0 Å². The van der Waals surface area contributed by atoms with Gasteiger partial charge in [0, 0.05) is 24.3 Å². The number of likely N-dealkylation sites (tertiary alicyclic amines) is 1. The highest BCUT2D eigenvalue weighted by Crippen LogP contribution is 2.19. The predicted octanol–water partition coefficient (Wildman–Crippen LogP) is 2.02. The van der Waals surface area contributed by atoms with Crippen molar-refractivity contribution in [2.75, 3.05) is 11.9 Å². The highest BCUT2D eigenvalue weighted by atomic mass is 16.5. The molecular weight excluding hydrogens is 306 g/mol. The van der Waals surface area contributed by atoms with Gasteiger partial charge in [0.05, 0.1) is 0 Å². The molecule has 0 radical (unpaired) electrons. The Morgan fingerprint density at radius 2 is 1.83 bits per heavy atom. The monoisotopic (exact) mass is 325 g/mol. The van der Waals surface area contributed by atoms with Gasteiger partial charge < -0.3 is 10.2 Å². The molecule has 0 aliphatic carbocycles. The van der Waals surface area contributed by atoms with Crippen molar-refractivity contribution in [3.63, 3.8) is 0 Å². The van der Waals surface area contributed by atoms with Crippen molar-refractivity contribution in [1.29, 1.82) is 0 Å². The lowest BCUT2D eigenvalue weighted by Crippen LogP contribution is -2.33. The van der Waals surface area contributed by atoms with E-state index in [0.717, 1.165) is 24.2 Å². The third-order valence-electron chi connectivity index (χ3n) is 4.10. The number of carbonyl (C=O) groups excluding carboxylic acids is 2. The molecule has 1 heterocycles. The molecule has 124 valence electrons. The van der Waals surface area contributed by atoms with Gasteiger partial charge in [0.25, 0.3) is 5.91 Å². The summed E-state index contributed by atoms with van der Waals surface area (Å²) >= 11 is 0. The van der Waals surface area contributed by atoms with Crippen molar-refractivity contribution in [1.82, 2.24) is 10.4 Å². The van der Waals surface area contributed by atoms with E-state index in [-0.39, 0.29) is 11.9 Å². The third kappa shape index (κ3) is 3.55. The van der Waals surface area contributed by atoms with Crippen LogP contribution in [0.1, 0.15) is 22.3 Å². The van der Waals surface area contributed by atoms with Crippen molar-refractivity contribution in [3.8, 4) is 0 Å². The lowest BCUT2D eigenvalue weighted by molar-refractivity contribution is -0.128. The molecule has 1 saturated heterocycles. The molecule has 24 heavy (non-hydrogen) atoms. The number of nitrogens with one attached hydrogen (secondary N) is 2. The molecule has 0 bridgehead atoms. The van der Waals surface area contributed by atoms with Crippen LogP contribution in [-0.2, 0) is 11.3 Å². The minimum Gasteiger partial charge on any atom is -0.374 e. The fourth-order valence-corrected chi connectivity index (χ4v) is 2.82. The van der Waals surface area contributed by atoms with E-state index in [1.165, 1.54) is 0 Å². The first-order valence-corrected chi connectivity index (χ1v) is 7.81. The molecule has 0 spiro atoms. The van der Waals surface area contributed by atoms with E-state index in [4.69, 9.17) is 5.21 Å². The summed E-state index contributed by atoms with van der Waals surface area (Å²) in [6.45, 7) is 1.34. The predicted molar refractivity (Wildman–Crippen MR) is 89.6 cm³/mol. The number of amides is 2. The standard InChI is InChI=1S/C18H19N3O3/c22-17(20-24)14-6-8-15(9-7-14)19-16-10-11-21(18(16)23)12-13-4-2-1-3-5-13/h1-9,16,19,24H,10-12H2,(H,20,22). The molecule has 1 fully saturated rings. The second-order valence-electron chi connectivity index (χ2n) is 5.75. The number of hydrogen-bond acceptors (Lipinski definition) is 4. The largest absolute Gasteiger partial charge is 0.374 e. The normalized spacial score (nSPS) is 17.0. The van der Waals surface area contributed by atoms with E-state index in [9.17, 15) is 9.59 Å². The van der Waals surface area contributed by atoms with Gasteiger partial charge in [-0.05, 0) is 36.2 Å². The van der Waals surface area contributed by atoms with Crippen molar-refractivity contribution >= 4 is 17.5 Å². The maximum absolute atomic E-state index is 12.5. The van der Waals surface area contributed by atoms with E-state index in [1.54, 1.807) is 29.7 Å². The first-order valence-electron chi connectivity index (χ1n) is 7.81. The quantitative estimate of drug-likeness (QED) is 0.580. The summed E-state index contributed by atoms with van der Waals surface area (Å²) in [6, 6.07) is 16.3. The highest BCUT2D eigenvalue weighted by Gasteiger charge is 2.31. The Hall–Kier alpha value is -2.86. The Morgan fingerprint density at radius 1 is 1.12 bits per heavy atom. The van der Waals surface area contributed by atoms with Gasteiger partial charge in [0.1, 0.15) is 6.04 Å². The fraction of sp³-hybridized carbons (Fsp3) is 0.222. The van der Waals surface area contributed by atoms with E-state index < -0.39 is 5.91 Å². The molecule has 2 amide bonds. The second kappa shape index (κ2) is 7.14. The van der Waals surface area contributed by atoms with Crippen LogP contribution in [0.15, 0.2) is 54.6 Å². The van der Waals surface area contributed by atoms with Crippen molar-refractivity contribution in [3.05, 3.63) is 65.7 Å². The number of carbonyl (C=O) groups is 2. The zero-order valence-corrected chi connectivity index (χ0v) is 13.1. The van der Waals surface area contributed by atoms with Gasteiger partial charge in [0.2, 0.25) is 5.91 Å². The molecule has 1 unspecified atom stereocenters. The maximum atomic E-state index is 12.5. The Bertz CT molecular complexity index is 716. The average molecular weight is 325 g/mol. The van der Waals surface area contributed by atoms with E-state index in [0.29, 0.717) is 12.1 Å². The van der Waals surface area contributed by atoms with Crippen LogP contribution in [0.3, 0.4) is 0 Å². The smallest absolute Gasteiger partial charge is 0.274 e. The molecule has 1 aliphatic rings. The molecule has 2 aromatic rings. The molecule has 0 aromatic heterocycles. The van der Waals surface area contributed by atoms with Crippen LogP contribution in [0.25, 0.3) is 0 Å². The van der Waals surface area contributed by atoms with Crippen LogP contribution in [0.5, 0.6) is 0 Å². The van der Waals surface area contributed by atoms with Gasteiger partial charge in [-0.15, -0.1) is 0 Å². The number of anilines is 1. The van der Waals surface area contributed by atoms with Crippen molar-refractivity contribution in [2.45, 2.75) is 19.0 Å². The van der Waals surface area contributed by atoms with E-state index >= 15 is 0 Å². The van der Waals surface area contributed by atoms with Crippen molar-refractivity contribution < 1.29 is 14.8 Å². The molecular formula is C18H19N3O3. The maximum Gasteiger partial charge on any atom is 0.274 e. The molecule has 1 atom stereocenters. The van der Waals surface area contributed by atoms with Crippen LogP contribution in [0.4, 0.5) is 5.69 Å². The van der Waals surface area contributed by atoms with Gasteiger partial charge >= 0.3 is 0 Å². The van der Waals surface area contributed by atoms with Crippen LogP contribution in [0, 0.1) is 0 Å². The second-order valence-corrected chi connectivity index (χ2v) is 5.75. The summed E-state index contributed by atoms with van der Waals surface area (Å²) in [5.74, 6) is -0.483. The topological polar surface area (TPSA) is 81.7 Å². The van der Waals surface area contributed by atoms with E-state index in [1.807, 2.05) is 35.2 Å². The summed E-state index contributed by atoms with van der Waals surface area (Å²) in [5.41, 5.74) is 3.83. The van der Waals surface area contributed by atoms with Gasteiger partial charge in [-0.2, -0.15) is 0 Å². The highest BCUT2D eigenvalue weighted by molar-refractivity contribution is 5.93. The van der Waals surface area contributed by atoms with Crippen LogP contribution >= 0.6 is 0 Å². The molecule has 2 aromatic carbocycles. The molecule has 6 nitrogen and oxygen atoms in total. The van der Waals surface area contributed by atoms with Crippen LogP contribution < -0.4 is 10.8 Å². The molecule has 6 heteroatoms. The number of benzene rings is 2. The SMILES string of the molecule is O=C(NO)c1ccc(NC2CCN(Cc3ccccc3)C2=O)cc1. The first kappa shape index (κ1) is 16.0. The zero-order valence-electron chi connectivity index (χ0n) is 13.1. The van der Waals surface area contributed by atoms with Gasteiger partial charge in [-0.1, -0.05) is 30.3 Å². The Labute approximate surface area is 140 Å². The molecule has 3 N–H and O–H groups in total. The first-order chi connectivity index (χ1) is 11.7. The third-order valence-corrected chi connectivity index (χ3v) is 4.10. The summed E-state index contributed by atoms with van der Waals surface area (Å²) in [4.78, 5) is 25.6. The van der Waals surface area contributed by atoms with Gasteiger partial charge in [0.15, 0.2) is 0 Å². The number of hydrogen-bond donors (Lipinski definition) is 3. The Kier molecular flexibility index (Phi) is 4.77. The molecule has 0 saturated carbocycles. The minimum atomic E-state index is -0.562. The molecule has 1 aliphatic heterocycles. The lowest BCUT2D eigenvalue weighted by Gasteiger charge is -2.18. The van der Waals surface area contributed by atoms with Gasteiger partial charge in [-0.25, -0.2) is 5.48 Å². The summed E-state index contributed by atoms with van der Waals surface area (Å²) < 4.78 is 0. The fourth-order valence-electron chi connectivity index (χ4n) is 2.82. The lowest BCUT2D eigenvalue weighted by atomic mass is 10.1. The minimum absolute atomic E-state index is 0.0797. The Balaban J connectivity index is 1.60. The number of hydroxylamine groups is 1. The Morgan fingerprint density at radius 3 is 2.50 bits per heavy atom. The van der Waals surface area contributed by atoms with E-state index in [2.05, 4.69) is 5.32 Å².